The zero-order chi connectivity index (χ0) is 30.5. The SMILES string of the molecule is CCCCCC/C=C/C(=O)Nc1ccc2c(c1)C(=O)N(CCC(=O)N(CCN(C)C)CC(N)=O)C(c1ccccc1)C2. The number of rotatable bonds is 16. The lowest BCUT2D eigenvalue weighted by Crippen LogP contribution is -2.45. The number of carbonyl (C=O) groups is 4. The summed E-state index contributed by atoms with van der Waals surface area (Å²) >= 11 is 0. The van der Waals surface area contributed by atoms with Crippen molar-refractivity contribution in [1.29, 1.82) is 0 Å². The van der Waals surface area contributed by atoms with Crippen LogP contribution in [-0.4, -0.2) is 78.6 Å². The van der Waals surface area contributed by atoms with Crippen LogP contribution in [0.25, 0.3) is 0 Å². The molecule has 1 atom stereocenters. The molecule has 0 radical (unpaired) electrons. The molecule has 3 rings (SSSR count). The first kappa shape index (κ1) is 32.5. The van der Waals surface area contributed by atoms with E-state index in [1.54, 1.807) is 17.0 Å². The monoisotopic (exact) mass is 575 g/mol. The molecule has 0 saturated carbocycles. The second-order valence-electron chi connectivity index (χ2n) is 11.1. The predicted octanol–water partition coefficient (Wildman–Crippen LogP) is 4.16. The number of allylic oxidation sites excluding steroid dienone is 1. The highest BCUT2D eigenvalue weighted by atomic mass is 16.2. The summed E-state index contributed by atoms with van der Waals surface area (Å²) in [5, 5.41) is 2.87. The molecule has 1 heterocycles. The first-order chi connectivity index (χ1) is 20.2. The minimum atomic E-state index is -0.576. The number of anilines is 1. The lowest BCUT2D eigenvalue weighted by Gasteiger charge is -2.37. The maximum absolute atomic E-state index is 13.9. The number of nitrogens with one attached hydrogen (secondary N) is 1. The molecular weight excluding hydrogens is 530 g/mol. The van der Waals surface area contributed by atoms with E-state index in [9.17, 15) is 19.2 Å². The standard InChI is InChI=1S/C33H45N5O4/c1-4-5-6-7-8-12-15-31(40)35-27-17-16-26-22-29(25-13-10-9-11-14-25)38(33(42)28(26)23-27)19-18-32(41)37(24-30(34)39)21-20-36(2)3/h9-17,23,29H,4-8,18-22,24H2,1-3H3,(H2,34,39)(H,35,40)/b15-12+. The average Bonchev–Trinajstić information content (AvgIpc) is 2.96. The lowest BCUT2D eigenvalue weighted by molar-refractivity contribution is -0.135. The Labute approximate surface area is 249 Å². The van der Waals surface area contributed by atoms with Crippen LogP contribution in [0, 0.1) is 0 Å². The number of amides is 4. The van der Waals surface area contributed by atoms with Gasteiger partial charge in [-0.1, -0.05) is 68.7 Å². The van der Waals surface area contributed by atoms with E-state index in [0.29, 0.717) is 30.8 Å². The van der Waals surface area contributed by atoms with Crippen LogP contribution in [0.2, 0.25) is 0 Å². The van der Waals surface area contributed by atoms with Crippen LogP contribution in [0.15, 0.2) is 60.7 Å². The summed E-state index contributed by atoms with van der Waals surface area (Å²) in [7, 11) is 3.78. The molecular formula is C33H45N5O4. The summed E-state index contributed by atoms with van der Waals surface area (Å²) in [6.45, 7) is 3.14. The van der Waals surface area contributed by atoms with Gasteiger partial charge in [0.05, 0.1) is 12.6 Å². The number of nitrogens with two attached hydrogens (primary N) is 1. The van der Waals surface area contributed by atoms with Gasteiger partial charge in [0.15, 0.2) is 0 Å². The molecule has 3 N–H and O–H groups in total. The topological polar surface area (TPSA) is 116 Å². The number of nitrogens with zero attached hydrogens (tertiary/aromatic N) is 3. The summed E-state index contributed by atoms with van der Waals surface area (Å²) in [5.74, 6) is -1.24. The number of unbranched alkanes of at least 4 members (excludes halogenated alkanes) is 4. The van der Waals surface area contributed by atoms with E-state index in [2.05, 4.69) is 12.2 Å². The summed E-state index contributed by atoms with van der Waals surface area (Å²) in [6, 6.07) is 15.0. The third kappa shape index (κ3) is 9.83. The molecule has 1 aliphatic heterocycles. The second kappa shape index (κ2) is 16.5. The Kier molecular flexibility index (Phi) is 12.7. The number of fused-ring (bicyclic) bond motifs is 1. The Balaban J connectivity index is 1.76. The normalized spacial score (nSPS) is 14.7. The van der Waals surface area contributed by atoms with Crippen LogP contribution < -0.4 is 11.1 Å². The van der Waals surface area contributed by atoms with Gasteiger partial charge >= 0.3 is 0 Å². The van der Waals surface area contributed by atoms with Crippen molar-refractivity contribution in [2.75, 3.05) is 45.6 Å². The largest absolute Gasteiger partial charge is 0.368 e. The number of benzene rings is 2. The van der Waals surface area contributed by atoms with Gasteiger partial charge in [-0.15, -0.1) is 0 Å². The molecule has 1 unspecified atom stereocenters. The Morgan fingerprint density at radius 3 is 2.50 bits per heavy atom. The summed E-state index contributed by atoms with van der Waals surface area (Å²) < 4.78 is 0. The molecule has 1 aliphatic rings. The molecule has 0 saturated heterocycles. The van der Waals surface area contributed by atoms with Crippen LogP contribution in [-0.2, 0) is 20.8 Å². The smallest absolute Gasteiger partial charge is 0.254 e. The zero-order valence-corrected chi connectivity index (χ0v) is 25.2. The summed E-state index contributed by atoms with van der Waals surface area (Å²) in [4.78, 5) is 56.3. The molecule has 0 bridgehead atoms. The first-order valence-corrected chi connectivity index (χ1v) is 14.9. The third-order valence-electron chi connectivity index (χ3n) is 7.42. The van der Waals surface area contributed by atoms with Crippen LogP contribution in [0.1, 0.15) is 73.0 Å². The van der Waals surface area contributed by atoms with Crippen molar-refractivity contribution in [2.45, 2.75) is 57.9 Å². The van der Waals surface area contributed by atoms with E-state index in [1.807, 2.05) is 67.5 Å². The minimum absolute atomic E-state index is 0.0601. The summed E-state index contributed by atoms with van der Waals surface area (Å²) in [6.07, 6.45) is 9.51. The maximum Gasteiger partial charge on any atom is 0.254 e. The van der Waals surface area contributed by atoms with E-state index in [1.165, 1.54) is 17.7 Å². The van der Waals surface area contributed by atoms with Crippen molar-refractivity contribution in [2.24, 2.45) is 5.73 Å². The molecule has 4 amide bonds. The Morgan fingerprint density at radius 2 is 1.81 bits per heavy atom. The van der Waals surface area contributed by atoms with Gasteiger partial charge in [-0.05, 0) is 62.7 Å². The molecule has 42 heavy (non-hydrogen) atoms. The fourth-order valence-corrected chi connectivity index (χ4v) is 5.11. The average molecular weight is 576 g/mol. The van der Waals surface area contributed by atoms with E-state index < -0.39 is 5.91 Å². The maximum atomic E-state index is 13.9. The summed E-state index contributed by atoms with van der Waals surface area (Å²) in [5.41, 5.74) is 8.34. The third-order valence-corrected chi connectivity index (χ3v) is 7.42. The molecule has 0 spiro atoms. The molecule has 0 fully saturated rings. The Morgan fingerprint density at radius 1 is 1.05 bits per heavy atom. The Bertz CT molecular complexity index is 1240. The van der Waals surface area contributed by atoms with Gasteiger partial charge in [0.2, 0.25) is 17.7 Å². The number of primary amides is 1. The van der Waals surface area contributed by atoms with Crippen LogP contribution in [0.3, 0.4) is 0 Å². The highest BCUT2D eigenvalue weighted by Gasteiger charge is 2.34. The van der Waals surface area contributed by atoms with Crippen LogP contribution >= 0.6 is 0 Å². The van der Waals surface area contributed by atoms with E-state index >= 15 is 0 Å². The van der Waals surface area contributed by atoms with Gasteiger partial charge < -0.3 is 25.8 Å². The second-order valence-corrected chi connectivity index (χ2v) is 11.1. The molecule has 2 aromatic carbocycles. The van der Waals surface area contributed by atoms with Crippen molar-refractivity contribution >= 4 is 29.3 Å². The van der Waals surface area contributed by atoms with Crippen molar-refractivity contribution < 1.29 is 19.2 Å². The highest BCUT2D eigenvalue weighted by molar-refractivity contribution is 6.02. The first-order valence-electron chi connectivity index (χ1n) is 14.9. The number of hydrogen-bond donors (Lipinski definition) is 2. The lowest BCUT2D eigenvalue weighted by atomic mass is 9.89. The van der Waals surface area contributed by atoms with Gasteiger partial charge in [-0.3, -0.25) is 19.2 Å². The Hall–Kier alpha value is -3.98. The quantitative estimate of drug-likeness (QED) is 0.230. The molecule has 9 nitrogen and oxygen atoms in total. The van der Waals surface area contributed by atoms with E-state index in [-0.39, 0.29) is 43.3 Å². The van der Waals surface area contributed by atoms with Gasteiger partial charge in [0.1, 0.15) is 0 Å². The van der Waals surface area contributed by atoms with Crippen molar-refractivity contribution in [3.05, 3.63) is 77.4 Å². The van der Waals surface area contributed by atoms with E-state index in [0.717, 1.165) is 30.4 Å². The van der Waals surface area contributed by atoms with Crippen molar-refractivity contribution in [1.82, 2.24) is 14.7 Å². The number of likely N-dealkylation sites (N-methyl/N-ethyl adjacent to an activating group) is 1. The van der Waals surface area contributed by atoms with E-state index in [4.69, 9.17) is 5.73 Å². The van der Waals surface area contributed by atoms with Crippen molar-refractivity contribution in [3.63, 3.8) is 0 Å². The van der Waals surface area contributed by atoms with Gasteiger partial charge in [0.25, 0.3) is 5.91 Å². The highest BCUT2D eigenvalue weighted by Crippen LogP contribution is 2.34. The molecule has 0 aliphatic carbocycles. The van der Waals surface area contributed by atoms with Crippen LogP contribution in [0.5, 0.6) is 0 Å². The molecule has 9 heteroatoms. The molecule has 2 aromatic rings. The van der Waals surface area contributed by atoms with Crippen molar-refractivity contribution in [3.8, 4) is 0 Å². The molecule has 226 valence electrons. The van der Waals surface area contributed by atoms with Gasteiger partial charge in [-0.25, -0.2) is 0 Å². The fraction of sp³-hybridized carbons (Fsp3) is 0.455. The van der Waals surface area contributed by atoms with Gasteiger partial charge in [0, 0.05) is 37.3 Å². The fourth-order valence-electron chi connectivity index (χ4n) is 5.11. The van der Waals surface area contributed by atoms with Gasteiger partial charge in [-0.2, -0.15) is 0 Å². The number of carbonyl (C=O) groups excluding carboxylic acids is 4. The molecule has 0 aromatic heterocycles. The predicted molar refractivity (Wildman–Crippen MR) is 166 cm³/mol. The minimum Gasteiger partial charge on any atom is -0.368 e. The number of hydrogen-bond acceptors (Lipinski definition) is 5. The van der Waals surface area contributed by atoms with Crippen LogP contribution in [0.4, 0.5) is 5.69 Å². The zero-order valence-electron chi connectivity index (χ0n) is 25.2.